The summed E-state index contributed by atoms with van der Waals surface area (Å²) >= 11 is 0. The molecule has 1 aliphatic rings. The molecular weight excluding hydrogens is 289 g/mol. The van der Waals surface area contributed by atoms with E-state index >= 15 is 0 Å². The zero-order chi connectivity index (χ0) is 15.6. The number of ether oxygens (including phenoxy) is 1. The Labute approximate surface area is 117 Å². The summed E-state index contributed by atoms with van der Waals surface area (Å²) in [6.45, 7) is 5.95. The number of cyclic esters (lactones) is 1. The largest absolute Gasteiger partial charge is 0.458 e. The highest BCUT2D eigenvalue weighted by Gasteiger charge is 2.61. The average Bonchev–Trinajstić information content (AvgIpc) is 2.48. The predicted molar refractivity (Wildman–Crippen MR) is 70.2 cm³/mol. The highest BCUT2D eigenvalue weighted by molar-refractivity contribution is 7.55. The van der Waals surface area contributed by atoms with E-state index in [1.54, 1.807) is 27.7 Å². The third-order valence-corrected chi connectivity index (χ3v) is 5.67. The van der Waals surface area contributed by atoms with Gasteiger partial charge in [-0.15, -0.1) is 0 Å². The lowest BCUT2D eigenvalue weighted by atomic mass is 9.90. The van der Waals surface area contributed by atoms with Crippen LogP contribution in [0.25, 0.3) is 0 Å². The molecule has 0 radical (unpaired) electrons. The molecule has 2 atom stereocenters. The van der Waals surface area contributed by atoms with E-state index in [4.69, 9.17) is 13.8 Å². The van der Waals surface area contributed by atoms with E-state index in [0.717, 1.165) is 0 Å². The van der Waals surface area contributed by atoms with Crippen molar-refractivity contribution in [2.24, 2.45) is 5.92 Å². The predicted octanol–water partition coefficient (Wildman–Crippen LogP) is 1.85. The average molecular weight is 309 g/mol. The molecule has 0 aromatic heterocycles. The quantitative estimate of drug-likeness (QED) is 0.306. The van der Waals surface area contributed by atoms with E-state index in [1.165, 1.54) is 0 Å². The SMILES string of the molecule is CCOP(=O)(OCC)[C@H]1C(=O)OC(C)(C)[C@@H]1C[N+](=O)[O-]. The minimum atomic E-state index is -3.79. The summed E-state index contributed by atoms with van der Waals surface area (Å²) in [5.41, 5.74) is -2.35. The molecule has 9 heteroatoms. The van der Waals surface area contributed by atoms with Gasteiger partial charge in [0.15, 0.2) is 5.66 Å². The highest BCUT2D eigenvalue weighted by Crippen LogP contribution is 2.60. The van der Waals surface area contributed by atoms with Crippen molar-refractivity contribution >= 4 is 13.6 Å². The van der Waals surface area contributed by atoms with Gasteiger partial charge in [-0.1, -0.05) is 0 Å². The second-order valence-electron chi connectivity index (χ2n) is 4.97. The Morgan fingerprint density at radius 2 is 1.85 bits per heavy atom. The molecule has 1 rings (SSSR count). The third kappa shape index (κ3) is 3.37. The van der Waals surface area contributed by atoms with Crippen molar-refractivity contribution in [3.63, 3.8) is 0 Å². The van der Waals surface area contributed by atoms with E-state index in [1.807, 2.05) is 0 Å². The molecule has 0 aromatic rings. The van der Waals surface area contributed by atoms with Crippen LogP contribution in [0.1, 0.15) is 27.7 Å². The molecule has 1 heterocycles. The van der Waals surface area contributed by atoms with Gasteiger partial charge in [0.1, 0.15) is 5.60 Å². The van der Waals surface area contributed by atoms with Gasteiger partial charge in [-0.05, 0) is 27.7 Å². The van der Waals surface area contributed by atoms with Gasteiger partial charge in [0, 0.05) is 4.92 Å². The van der Waals surface area contributed by atoms with Gasteiger partial charge >= 0.3 is 13.6 Å². The van der Waals surface area contributed by atoms with Crippen molar-refractivity contribution in [2.75, 3.05) is 19.8 Å². The summed E-state index contributed by atoms with van der Waals surface area (Å²) in [5.74, 6) is -1.64. The molecule has 0 bridgehead atoms. The van der Waals surface area contributed by atoms with E-state index in [0.29, 0.717) is 0 Å². The summed E-state index contributed by atoms with van der Waals surface area (Å²) in [7, 11) is -3.79. The van der Waals surface area contributed by atoms with E-state index in [9.17, 15) is 19.5 Å². The van der Waals surface area contributed by atoms with Crippen LogP contribution in [0.4, 0.5) is 0 Å². The Bertz CT molecular complexity index is 426. The lowest BCUT2D eigenvalue weighted by Crippen LogP contribution is -2.38. The first-order valence-electron chi connectivity index (χ1n) is 6.41. The lowest BCUT2D eigenvalue weighted by Gasteiger charge is -2.26. The van der Waals surface area contributed by atoms with Crippen molar-refractivity contribution in [2.45, 2.75) is 39.0 Å². The molecule has 116 valence electrons. The van der Waals surface area contributed by atoms with Crippen LogP contribution in [-0.4, -0.2) is 41.9 Å². The summed E-state index contributed by atoms with van der Waals surface area (Å²) < 4.78 is 28.2. The molecule has 0 N–H and O–H groups in total. The normalized spacial score (nSPS) is 25.5. The van der Waals surface area contributed by atoms with Crippen LogP contribution in [0.3, 0.4) is 0 Å². The summed E-state index contributed by atoms with van der Waals surface area (Å²) in [6, 6.07) is 0. The Kier molecular flexibility index (Phi) is 5.29. The first-order valence-corrected chi connectivity index (χ1v) is 8.02. The molecule has 20 heavy (non-hydrogen) atoms. The van der Waals surface area contributed by atoms with Crippen LogP contribution >= 0.6 is 7.60 Å². The maximum atomic E-state index is 12.7. The molecule has 1 fully saturated rings. The van der Waals surface area contributed by atoms with Crippen LogP contribution in [-0.2, 0) is 23.1 Å². The van der Waals surface area contributed by atoms with E-state index < -0.39 is 42.2 Å². The summed E-state index contributed by atoms with van der Waals surface area (Å²) in [6.07, 6.45) is 0. The summed E-state index contributed by atoms with van der Waals surface area (Å²) in [5, 5.41) is 10.8. The molecule has 0 aliphatic carbocycles. The topological polar surface area (TPSA) is 105 Å². The van der Waals surface area contributed by atoms with Gasteiger partial charge in [0.25, 0.3) is 0 Å². The fraction of sp³-hybridized carbons (Fsp3) is 0.909. The van der Waals surface area contributed by atoms with Gasteiger partial charge in [-0.2, -0.15) is 0 Å². The van der Waals surface area contributed by atoms with Crippen LogP contribution in [0.15, 0.2) is 0 Å². The molecule has 0 saturated carbocycles. The molecule has 8 nitrogen and oxygen atoms in total. The van der Waals surface area contributed by atoms with E-state index in [-0.39, 0.29) is 13.2 Å². The second-order valence-corrected chi connectivity index (χ2v) is 7.12. The molecular formula is C11H20NO7P. The van der Waals surface area contributed by atoms with Crippen LogP contribution in [0.2, 0.25) is 0 Å². The minimum absolute atomic E-state index is 0.0761. The maximum absolute atomic E-state index is 12.7. The van der Waals surface area contributed by atoms with Gasteiger partial charge in [-0.3, -0.25) is 19.5 Å². The van der Waals surface area contributed by atoms with Crippen molar-refractivity contribution in [1.82, 2.24) is 0 Å². The van der Waals surface area contributed by atoms with Crippen LogP contribution in [0.5, 0.6) is 0 Å². The van der Waals surface area contributed by atoms with Gasteiger partial charge in [0.2, 0.25) is 6.54 Å². The van der Waals surface area contributed by atoms with Crippen molar-refractivity contribution in [3.8, 4) is 0 Å². The zero-order valence-corrected chi connectivity index (χ0v) is 12.9. The molecule has 1 saturated heterocycles. The molecule has 1 aliphatic heterocycles. The fourth-order valence-electron chi connectivity index (χ4n) is 2.33. The van der Waals surface area contributed by atoms with Gasteiger partial charge in [-0.25, -0.2) is 0 Å². The number of hydrogen-bond acceptors (Lipinski definition) is 7. The smallest absolute Gasteiger partial charge is 0.345 e. The number of rotatable bonds is 7. The number of carbonyl (C=O) groups excluding carboxylic acids is 1. The fourth-order valence-corrected chi connectivity index (χ4v) is 4.65. The third-order valence-electron chi connectivity index (χ3n) is 3.18. The molecule has 0 spiro atoms. The number of carbonyl (C=O) groups is 1. The lowest BCUT2D eigenvalue weighted by molar-refractivity contribution is -0.490. The summed E-state index contributed by atoms with van der Waals surface area (Å²) in [4.78, 5) is 22.3. The van der Waals surface area contributed by atoms with Crippen molar-refractivity contribution in [3.05, 3.63) is 10.1 Å². The van der Waals surface area contributed by atoms with Gasteiger partial charge in [0.05, 0.1) is 19.1 Å². The van der Waals surface area contributed by atoms with Gasteiger partial charge < -0.3 is 13.8 Å². The number of esters is 1. The van der Waals surface area contributed by atoms with Crippen molar-refractivity contribution in [1.29, 1.82) is 0 Å². The van der Waals surface area contributed by atoms with Crippen LogP contribution in [0, 0.1) is 16.0 Å². The highest BCUT2D eigenvalue weighted by atomic mass is 31.2. The Morgan fingerprint density at radius 3 is 2.25 bits per heavy atom. The van der Waals surface area contributed by atoms with Crippen molar-refractivity contribution < 1.29 is 28.1 Å². The Hall–Kier alpha value is -0.980. The number of hydrogen-bond donors (Lipinski definition) is 0. The number of nitro groups is 1. The zero-order valence-electron chi connectivity index (χ0n) is 12.0. The molecule has 0 amide bonds. The Balaban J connectivity index is 3.18. The second kappa shape index (κ2) is 6.20. The standard InChI is InChI=1S/C11H20NO7P/c1-5-17-20(16,18-6-2)9-8(7-12(14)15)11(3,4)19-10(9)13/h8-9H,5-7H2,1-4H3/t8-,9-/m1/s1. The van der Waals surface area contributed by atoms with Crippen LogP contribution < -0.4 is 0 Å². The first kappa shape index (κ1) is 17.1. The number of nitrogens with zero attached hydrogens (tertiary/aromatic N) is 1. The maximum Gasteiger partial charge on any atom is 0.345 e. The molecule has 0 unspecified atom stereocenters. The molecule has 0 aromatic carbocycles. The monoisotopic (exact) mass is 309 g/mol. The minimum Gasteiger partial charge on any atom is -0.458 e. The van der Waals surface area contributed by atoms with E-state index in [2.05, 4.69) is 0 Å². The Morgan fingerprint density at radius 1 is 1.35 bits per heavy atom. The first-order chi connectivity index (χ1) is 9.18.